The average Bonchev–Trinajstić information content (AvgIpc) is 2.89. The van der Waals surface area contributed by atoms with Crippen molar-refractivity contribution in [2.75, 3.05) is 13.2 Å². The Balaban J connectivity index is 2.45. The van der Waals surface area contributed by atoms with Gasteiger partial charge in [-0.05, 0) is 13.8 Å². The zero-order chi connectivity index (χ0) is 15.6. The minimum atomic E-state index is -0.515. The molecular weight excluding hydrogens is 278 g/mol. The summed E-state index contributed by atoms with van der Waals surface area (Å²) in [5, 5.41) is 28.3. The molecule has 0 aromatic carbocycles. The van der Waals surface area contributed by atoms with Crippen molar-refractivity contribution in [3.63, 3.8) is 0 Å². The van der Waals surface area contributed by atoms with Crippen LogP contribution in [0.3, 0.4) is 0 Å². The van der Waals surface area contributed by atoms with Crippen molar-refractivity contribution in [3.05, 3.63) is 27.7 Å². The van der Waals surface area contributed by atoms with E-state index >= 15 is 0 Å². The van der Waals surface area contributed by atoms with E-state index in [2.05, 4.69) is 10.2 Å². The summed E-state index contributed by atoms with van der Waals surface area (Å²) in [6.07, 6.45) is 2.12. The van der Waals surface area contributed by atoms with Gasteiger partial charge in [0.05, 0.1) is 23.4 Å². The molecule has 2 aromatic heterocycles. The number of aromatic nitrogens is 4. The number of nitrogens with zero attached hydrogens (tertiary/aromatic N) is 5. The van der Waals surface area contributed by atoms with Crippen LogP contribution in [0.25, 0.3) is 5.69 Å². The molecule has 9 heteroatoms. The molecule has 0 aliphatic carbocycles. The lowest BCUT2D eigenvalue weighted by Crippen LogP contribution is -2.02. The Bertz CT molecular complexity index is 661. The van der Waals surface area contributed by atoms with Crippen LogP contribution in [0, 0.1) is 24.0 Å². The average molecular weight is 295 g/mol. The van der Waals surface area contributed by atoms with Crippen LogP contribution in [0.2, 0.25) is 0 Å². The Kier molecular flexibility index (Phi) is 4.22. The molecule has 0 radical (unpaired) electrons. The summed E-state index contributed by atoms with van der Waals surface area (Å²) in [6, 6.07) is 0. The first-order valence-corrected chi connectivity index (χ1v) is 6.44. The highest BCUT2D eigenvalue weighted by Crippen LogP contribution is 2.32. The Hall–Kier alpha value is -2.42. The third kappa shape index (κ3) is 2.87. The number of aryl methyl sites for hydroxylation is 2. The van der Waals surface area contributed by atoms with Gasteiger partial charge in [-0.25, -0.2) is 4.68 Å². The van der Waals surface area contributed by atoms with E-state index in [0.717, 1.165) is 0 Å². The summed E-state index contributed by atoms with van der Waals surface area (Å²) in [4.78, 5) is 10.7. The normalized spacial score (nSPS) is 10.9. The van der Waals surface area contributed by atoms with Gasteiger partial charge in [0, 0.05) is 20.1 Å². The molecule has 0 bridgehead atoms. The molecule has 0 aliphatic rings. The van der Waals surface area contributed by atoms with Crippen molar-refractivity contribution in [2.45, 2.75) is 20.3 Å². The van der Waals surface area contributed by atoms with E-state index in [-0.39, 0.29) is 24.8 Å². The van der Waals surface area contributed by atoms with Crippen molar-refractivity contribution in [3.8, 4) is 11.6 Å². The molecule has 2 rings (SSSR count). The summed E-state index contributed by atoms with van der Waals surface area (Å²) in [6.45, 7) is 3.53. The smallest absolute Gasteiger partial charge is 0.353 e. The number of nitro groups is 1. The van der Waals surface area contributed by atoms with Crippen molar-refractivity contribution >= 4 is 5.69 Å². The summed E-state index contributed by atoms with van der Waals surface area (Å²) < 4.78 is 8.38. The van der Waals surface area contributed by atoms with E-state index in [9.17, 15) is 10.1 Å². The van der Waals surface area contributed by atoms with Crippen LogP contribution in [0.15, 0.2) is 6.20 Å². The summed E-state index contributed by atoms with van der Waals surface area (Å²) >= 11 is 0. The summed E-state index contributed by atoms with van der Waals surface area (Å²) in [5.41, 5.74) is 1.57. The molecule has 0 spiro atoms. The third-order valence-corrected chi connectivity index (χ3v) is 2.99. The standard InChI is InChI=1S/C12H17N5O4/c1-8-10(7-15(3)13-8)16-9(2)11(17(19)20)12(14-16)21-6-4-5-18/h7,18H,4-6H2,1-3H3. The van der Waals surface area contributed by atoms with Gasteiger partial charge in [-0.2, -0.15) is 5.10 Å². The first-order valence-electron chi connectivity index (χ1n) is 6.44. The molecule has 0 aliphatic heterocycles. The molecule has 1 N–H and O–H groups in total. The van der Waals surface area contributed by atoms with Crippen LogP contribution >= 0.6 is 0 Å². The lowest BCUT2D eigenvalue weighted by atomic mass is 10.3. The molecule has 0 saturated carbocycles. The highest BCUT2D eigenvalue weighted by atomic mass is 16.6. The number of rotatable bonds is 6. The minimum Gasteiger partial charge on any atom is -0.472 e. The molecule has 0 unspecified atom stereocenters. The Morgan fingerprint density at radius 3 is 2.67 bits per heavy atom. The largest absolute Gasteiger partial charge is 0.472 e. The fraction of sp³-hybridized carbons (Fsp3) is 0.500. The van der Waals surface area contributed by atoms with Crippen molar-refractivity contribution in [1.29, 1.82) is 0 Å². The maximum Gasteiger partial charge on any atom is 0.353 e. The molecule has 21 heavy (non-hydrogen) atoms. The Morgan fingerprint density at radius 2 is 2.14 bits per heavy atom. The predicted octanol–water partition coefficient (Wildman–Crippen LogP) is 0.892. The molecule has 0 fully saturated rings. The van der Waals surface area contributed by atoms with E-state index in [1.165, 1.54) is 4.68 Å². The maximum absolute atomic E-state index is 11.2. The van der Waals surface area contributed by atoms with Gasteiger partial charge in [-0.15, -0.1) is 5.10 Å². The molecule has 0 atom stereocenters. The number of aliphatic hydroxyl groups excluding tert-OH is 1. The third-order valence-electron chi connectivity index (χ3n) is 2.99. The number of ether oxygens (including phenoxy) is 1. The van der Waals surface area contributed by atoms with Crippen molar-refractivity contribution in [1.82, 2.24) is 19.6 Å². The number of hydrogen-bond donors (Lipinski definition) is 1. The SMILES string of the molecule is Cc1nn(C)cc1-n1nc(OCCCO)c([N+](=O)[O-])c1C. The van der Waals surface area contributed by atoms with Crippen LogP contribution < -0.4 is 4.74 Å². The van der Waals surface area contributed by atoms with Crippen LogP contribution in [-0.2, 0) is 7.05 Å². The zero-order valence-electron chi connectivity index (χ0n) is 12.1. The summed E-state index contributed by atoms with van der Waals surface area (Å²) in [5.74, 6) is -0.0470. The Labute approximate surface area is 120 Å². The fourth-order valence-electron chi connectivity index (χ4n) is 2.04. The number of hydrogen-bond acceptors (Lipinski definition) is 6. The van der Waals surface area contributed by atoms with Crippen LogP contribution in [0.1, 0.15) is 17.8 Å². The quantitative estimate of drug-likeness (QED) is 0.481. The van der Waals surface area contributed by atoms with Crippen LogP contribution in [0.4, 0.5) is 5.69 Å². The highest BCUT2D eigenvalue weighted by Gasteiger charge is 2.28. The fourth-order valence-corrected chi connectivity index (χ4v) is 2.04. The molecule has 114 valence electrons. The van der Waals surface area contributed by atoms with Gasteiger partial charge in [0.15, 0.2) is 0 Å². The van der Waals surface area contributed by atoms with Gasteiger partial charge in [-0.1, -0.05) is 0 Å². The van der Waals surface area contributed by atoms with Gasteiger partial charge >= 0.3 is 11.6 Å². The second-order valence-corrected chi connectivity index (χ2v) is 4.61. The monoisotopic (exact) mass is 295 g/mol. The van der Waals surface area contributed by atoms with Crippen LogP contribution in [0.5, 0.6) is 5.88 Å². The van der Waals surface area contributed by atoms with E-state index < -0.39 is 4.92 Å². The first kappa shape index (κ1) is 15.0. The molecule has 9 nitrogen and oxygen atoms in total. The topological polar surface area (TPSA) is 108 Å². The zero-order valence-corrected chi connectivity index (χ0v) is 12.1. The second kappa shape index (κ2) is 5.92. The van der Waals surface area contributed by atoms with Crippen molar-refractivity contribution < 1.29 is 14.8 Å². The molecular formula is C12H17N5O4. The lowest BCUT2D eigenvalue weighted by molar-refractivity contribution is -0.386. The van der Waals surface area contributed by atoms with Gasteiger partial charge < -0.3 is 9.84 Å². The lowest BCUT2D eigenvalue weighted by Gasteiger charge is -2.00. The maximum atomic E-state index is 11.2. The van der Waals surface area contributed by atoms with Crippen LogP contribution in [-0.4, -0.2) is 42.8 Å². The number of aliphatic hydroxyl groups is 1. The van der Waals surface area contributed by atoms with Gasteiger partial charge in [0.1, 0.15) is 11.4 Å². The molecule has 2 heterocycles. The molecule has 0 amide bonds. The van der Waals surface area contributed by atoms with Gasteiger partial charge in [0.25, 0.3) is 0 Å². The van der Waals surface area contributed by atoms with Gasteiger partial charge in [0.2, 0.25) is 0 Å². The van der Waals surface area contributed by atoms with E-state index in [0.29, 0.717) is 23.5 Å². The predicted molar refractivity (Wildman–Crippen MR) is 73.7 cm³/mol. The van der Waals surface area contributed by atoms with E-state index in [1.807, 2.05) is 0 Å². The van der Waals surface area contributed by atoms with Crippen molar-refractivity contribution in [2.24, 2.45) is 7.05 Å². The minimum absolute atomic E-state index is 0.0464. The molecule has 2 aromatic rings. The first-order chi connectivity index (χ1) is 9.95. The molecule has 0 saturated heterocycles. The van der Waals surface area contributed by atoms with E-state index in [1.54, 1.807) is 31.8 Å². The summed E-state index contributed by atoms with van der Waals surface area (Å²) in [7, 11) is 1.77. The second-order valence-electron chi connectivity index (χ2n) is 4.61. The van der Waals surface area contributed by atoms with Gasteiger partial charge in [-0.3, -0.25) is 14.8 Å². The highest BCUT2D eigenvalue weighted by molar-refractivity contribution is 5.50. The Morgan fingerprint density at radius 1 is 1.43 bits per heavy atom. The van der Waals surface area contributed by atoms with E-state index in [4.69, 9.17) is 9.84 Å².